The van der Waals surface area contributed by atoms with Crippen LogP contribution in [-0.2, 0) is 6.42 Å². The van der Waals surface area contributed by atoms with E-state index < -0.39 is 0 Å². The summed E-state index contributed by atoms with van der Waals surface area (Å²) in [7, 11) is 0. The highest BCUT2D eigenvalue weighted by Crippen LogP contribution is 2.22. The third kappa shape index (κ3) is 3.57. The second kappa shape index (κ2) is 6.51. The van der Waals surface area contributed by atoms with Gasteiger partial charge in [0.1, 0.15) is 6.07 Å². The Morgan fingerprint density at radius 1 is 1.15 bits per heavy atom. The van der Waals surface area contributed by atoms with Crippen LogP contribution in [0.5, 0.6) is 0 Å². The van der Waals surface area contributed by atoms with Gasteiger partial charge in [-0.05, 0) is 42.3 Å². The fourth-order valence-electron chi connectivity index (χ4n) is 1.86. The number of hydrogen-bond donors (Lipinski definition) is 2. The van der Waals surface area contributed by atoms with E-state index in [0.717, 1.165) is 17.7 Å². The SMILES string of the molecule is N#Cc1cc(N)ccc1NCCc1ccc(Cl)cc1Cl. The van der Waals surface area contributed by atoms with Crippen LogP contribution in [-0.4, -0.2) is 6.54 Å². The van der Waals surface area contributed by atoms with Crippen LogP contribution in [0.2, 0.25) is 10.0 Å². The first-order valence-electron chi connectivity index (χ1n) is 6.07. The lowest BCUT2D eigenvalue weighted by Gasteiger charge is -2.10. The van der Waals surface area contributed by atoms with Gasteiger partial charge in [-0.15, -0.1) is 0 Å². The molecule has 2 rings (SSSR count). The number of rotatable bonds is 4. The molecule has 0 heterocycles. The average molecular weight is 306 g/mol. The highest BCUT2D eigenvalue weighted by Gasteiger charge is 2.04. The zero-order valence-electron chi connectivity index (χ0n) is 10.7. The largest absolute Gasteiger partial charge is 0.399 e. The lowest BCUT2D eigenvalue weighted by atomic mass is 10.1. The van der Waals surface area contributed by atoms with Crippen LogP contribution in [0.4, 0.5) is 11.4 Å². The smallest absolute Gasteiger partial charge is 0.101 e. The van der Waals surface area contributed by atoms with Crippen LogP contribution in [0.3, 0.4) is 0 Å². The maximum Gasteiger partial charge on any atom is 0.101 e. The summed E-state index contributed by atoms with van der Waals surface area (Å²) in [5.74, 6) is 0. The zero-order valence-corrected chi connectivity index (χ0v) is 12.2. The van der Waals surface area contributed by atoms with E-state index in [4.69, 9.17) is 34.2 Å². The number of nitrogens with two attached hydrogens (primary N) is 1. The van der Waals surface area contributed by atoms with E-state index in [-0.39, 0.29) is 0 Å². The Kier molecular flexibility index (Phi) is 4.73. The van der Waals surface area contributed by atoms with E-state index in [0.29, 0.717) is 27.8 Å². The van der Waals surface area contributed by atoms with Crippen molar-refractivity contribution in [3.05, 3.63) is 57.6 Å². The lowest BCUT2D eigenvalue weighted by Crippen LogP contribution is -2.06. The number of anilines is 2. The van der Waals surface area contributed by atoms with E-state index in [1.165, 1.54) is 0 Å². The Labute approximate surface area is 127 Å². The molecule has 20 heavy (non-hydrogen) atoms. The minimum absolute atomic E-state index is 0.534. The first-order valence-corrected chi connectivity index (χ1v) is 6.83. The molecular formula is C15H13Cl2N3. The van der Waals surface area contributed by atoms with E-state index in [9.17, 15) is 0 Å². The van der Waals surface area contributed by atoms with Crippen molar-refractivity contribution in [2.24, 2.45) is 0 Å². The molecule has 0 radical (unpaired) electrons. The molecule has 0 atom stereocenters. The maximum absolute atomic E-state index is 9.05. The molecule has 3 nitrogen and oxygen atoms in total. The van der Waals surface area contributed by atoms with Crippen LogP contribution in [0.25, 0.3) is 0 Å². The molecule has 0 spiro atoms. The Hall–Kier alpha value is -1.89. The van der Waals surface area contributed by atoms with Crippen LogP contribution >= 0.6 is 23.2 Å². The number of halogens is 2. The zero-order chi connectivity index (χ0) is 14.5. The topological polar surface area (TPSA) is 61.8 Å². The van der Waals surface area contributed by atoms with Gasteiger partial charge in [0.15, 0.2) is 0 Å². The molecule has 2 aromatic rings. The predicted molar refractivity (Wildman–Crippen MR) is 84.2 cm³/mol. The summed E-state index contributed by atoms with van der Waals surface area (Å²) >= 11 is 12.0. The fraction of sp³-hybridized carbons (Fsp3) is 0.133. The number of nitrogen functional groups attached to an aromatic ring is 1. The number of hydrogen-bond acceptors (Lipinski definition) is 3. The molecule has 0 amide bonds. The van der Waals surface area contributed by atoms with Gasteiger partial charge < -0.3 is 11.1 Å². The first-order chi connectivity index (χ1) is 9.60. The van der Waals surface area contributed by atoms with Crippen LogP contribution in [0.1, 0.15) is 11.1 Å². The van der Waals surface area contributed by atoms with Crippen molar-refractivity contribution < 1.29 is 0 Å². The Balaban J connectivity index is 2.01. The molecule has 5 heteroatoms. The third-order valence-corrected chi connectivity index (χ3v) is 3.48. The van der Waals surface area contributed by atoms with Gasteiger partial charge in [-0.1, -0.05) is 29.3 Å². The summed E-state index contributed by atoms with van der Waals surface area (Å²) in [5, 5.41) is 13.5. The predicted octanol–water partition coefficient (Wildman–Crippen LogP) is 4.10. The molecular weight excluding hydrogens is 293 g/mol. The summed E-state index contributed by atoms with van der Waals surface area (Å²) in [6.45, 7) is 0.667. The molecule has 0 bridgehead atoms. The summed E-state index contributed by atoms with van der Waals surface area (Å²) in [6, 6.07) is 12.8. The first kappa shape index (κ1) is 14.5. The minimum Gasteiger partial charge on any atom is -0.399 e. The fourth-order valence-corrected chi connectivity index (χ4v) is 2.37. The summed E-state index contributed by atoms with van der Waals surface area (Å²) in [4.78, 5) is 0. The van der Waals surface area contributed by atoms with Crippen molar-refractivity contribution in [3.63, 3.8) is 0 Å². The molecule has 0 saturated heterocycles. The van der Waals surface area contributed by atoms with Crippen molar-refractivity contribution in [2.75, 3.05) is 17.6 Å². The van der Waals surface area contributed by atoms with Crippen molar-refractivity contribution in [2.45, 2.75) is 6.42 Å². The molecule has 0 aliphatic rings. The number of nitriles is 1. The standard InChI is InChI=1S/C15H13Cl2N3/c16-12-2-1-10(14(17)8-12)5-6-20-15-4-3-13(19)7-11(15)9-18/h1-4,7-8,20H,5-6,19H2. The molecule has 0 aromatic heterocycles. The molecule has 3 N–H and O–H groups in total. The monoisotopic (exact) mass is 305 g/mol. The van der Waals surface area contributed by atoms with Gasteiger partial charge in [0, 0.05) is 22.3 Å². The van der Waals surface area contributed by atoms with Gasteiger partial charge in [0.2, 0.25) is 0 Å². The molecule has 0 aliphatic heterocycles. The Bertz CT molecular complexity index is 663. The maximum atomic E-state index is 9.05. The van der Waals surface area contributed by atoms with Crippen molar-refractivity contribution in [1.82, 2.24) is 0 Å². The summed E-state index contributed by atoms with van der Waals surface area (Å²) in [5.41, 5.74) is 8.54. The minimum atomic E-state index is 0.534. The highest BCUT2D eigenvalue weighted by atomic mass is 35.5. The van der Waals surface area contributed by atoms with Crippen LogP contribution in [0, 0.1) is 11.3 Å². The highest BCUT2D eigenvalue weighted by molar-refractivity contribution is 6.35. The molecule has 102 valence electrons. The van der Waals surface area contributed by atoms with Gasteiger partial charge in [-0.3, -0.25) is 0 Å². The lowest BCUT2D eigenvalue weighted by molar-refractivity contribution is 1.02. The average Bonchev–Trinajstić information content (AvgIpc) is 2.42. The summed E-state index contributed by atoms with van der Waals surface area (Å²) in [6.07, 6.45) is 0.741. The van der Waals surface area contributed by atoms with Crippen molar-refractivity contribution in [1.29, 1.82) is 5.26 Å². The van der Waals surface area contributed by atoms with Gasteiger partial charge in [-0.2, -0.15) is 5.26 Å². The van der Waals surface area contributed by atoms with Gasteiger partial charge >= 0.3 is 0 Å². The number of nitrogens with one attached hydrogen (secondary N) is 1. The molecule has 0 saturated carbocycles. The van der Waals surface area contributed by atoms with Crippen LogP contribution < -0.4 is 11.1 Å². The van der Waals surface area contributed by atoms with Gasteiger partial charge in [0.05, 0.1) is 11.3 Å². The number of benzene rings is 2. The number of nitrogens with zero attached hydrogens (tertiary/aromatic N) is 1. The van der Waals surface area contributed by atoms with E-state index in [2.05, 4.69) is 11.4 Å². The van der Waals surface area contributed by atoms with Gasteiger partial charge in [-0.25, -0.2) is 0 Å². The Morgan fingerprint density at radius 2 is 1.95 bits per heavy atom. The van der Waals surface area contributed by atoms with E-state index >= 15 is 0 Å². The van der Waals surface area contributed by atoms with Crippen molar-refractivity contribution >= 4 is 34.6 Å². The van der Waals surface area contributed by atoms with E-state index in [1.54, 1.807) is 24.3 Å². The molecule has 0 aliphatic carbocycles. The summed E-state index contributed by atoms with van der Waals surface area (Å²) < 4.78 is 0. The van der Waals surface area contributed by atoms with E-state index in [1.807, 2.05) is 12.1 Å². The Morgan fingerprint density at radius 3 is 2.65 bits per heavy atom. The normalized spacial score (nSPS) is 10.1. The molecule has 0 unspecified atom stereocenters. The quantitative estimate of drug-likeness (QED) is 0.836. The van der Waals surface area contributed by atoms with Gasteiger partial charge in [0.25, 0.3) is 0 Å². The van der Waals surface area contributed by atoms with Crippen LogP contribution in [0.15, 0.2) is 36.4 Å². The molecule has 2 aromatic carbocycles. The molecule has 0 fully saturated rings. The van der Waals surface area contributed by atoms with Crippen molar-refractivity contribution in [3.8, 4) is 6.07 Å². The second-order valence-corrected chi connectivity index (χ2v) is 5.17. The third-order valence-electron chi connectivity index (χ3n) is 2.89. The second-order valence-electron chi connectivity index (χ2n) is 4.33.